The maximum absolute atomic E-state index is 11.9. The molecule has 1 atom stereocenters. The quantitative estimate of drug-likeness (QED) is 0.828. The van der Waals surface area contributed by atoms with Crippen molar-refractivity contribution in [2.24, 2.45) is 5.73 Å². The van der Waals surface area contributed by atoms with Crippen molar-refractivity contribution in [3.05, 3.63) is 35.4 Å². The van der Waals surface area contributed by atoms with Crippen molar-refractivity contribution in [1.29, 1.82) is 0 Å². The zero-order valence-corrected chi connectivity index (χ0v) is 11.6. The van der Waals surface area contributed by atoms with Crippen LogP contribution in [0.3, 0.4) is 0 Å². The van der Waals surface area contributed by atoms with Crippen molar-refractivity contribution >= 4 is 5.91 Å². The Balaban J connectivity index is 1.77. The molecule has 1 unspecified atom stereocenters. The fraction of sp³-hybridized carbons (Fsp3) is 0.533. The van der Waals surface area contributed by atoms with Crippen molar-refractivity contribution < 1.29 is 4.79 Å². The summed E-state index contributed by atoms with van der Waals surface area (Å²) < 4.78 is 0. The molecule has 0 radical (unpaired) electrons. The largest absolute Gasteiger partial charge is 0.354 e. The highest BCUT2D eigenvalue weighted by Crippen LogP contribution is 2.13. The van der Waals surface area contributed by atoms with Crippen molar-refractivity contribution in [2.45, 2.75) is 31.8 Å². The average molecular weight is 261 g/mol. The van der Waals surface area contributed by atoms with Crippen molar-refractivity contribution in [3.63, 3.8) is 0 Å². The number of hydrogen-bond donors (Lipinski definition) is 2. The molecule has 1 fully saturated rings. The minimum atomic E-state index is 0.0980. The number of hydrogen-bond acceptors (Lipinski definition) is 3. The normalized spacial score (nSPS) is 19.6. The van der Waals surface area contributed by atoms with Crippen LogP contribution in [0.25, 0.3) is 0 Å². The van der Waals surface area contributed by atoms with E-state index in [1.807, 2.05) is 24.3 Å². The highest BCUT2D eigenvalue weighted by atomic mass is 16.1. The van der Waals surface area contributed by atoms with Gasteiger partial charge in [-0.2, -0.15) is 0 Å². The summed E-state index contributed by atoms with van der Waals surface area (Å²) >= 11 is 0. The summed E-state index contributed by atoms with van der Waals surface area (Å²) in [4.78, 5) is 14.2. The summed E-state index contributed by atoms with van der Waals surface area (Å²) in [6.45, 7) is 2.44. The number of carbonyl (C=O) groups excluding carboxylic acids is 1. The van der Waals surface area contributed by atoms with Gasteiger partial charge in [0, 0.05) is 19.1 Å². The highest BCUT2D eigenvalue weighted by Gasteiger charge is 2.20. The summed E-state index contributed by atoms with van der Waals surface area (Å²) in [7, 11) is 2.12. The second kappa shape index (κ2) is 6.68. The number of benzene rings is 1. The van der Waals surface area contributed by atoms with Crippen molar-refractivity contribution in [3.8, 4) is 0 Å². The van der Waals surface area contributed by atoms with E-state index in [4.69, 9.17) is 5.73 Å². The first-order valence-electron chi connectivity index (χ1n) is 6.94. The van der Waals surface area contributed by atoms with Crippen LogP contribution in [-0.2, 0) is 17.8 Å². The van der Waals surface area contributed by atoms with Gasteiger partial charge in [0.1, 0.15) is 0 Å². The number of likely N-dealkylation sites (tertiary alicyclic amines) is 1. The van der Waals surface area contributed by atoms with Crippen LogP contribution in [0.15, 0.2) is 24.3 Å². The molecule has 0 aromatic heterocycles. The molecule has 19 heavy (non-hydrogen) atoms. The van der Waals surface area contributed by atoms with E-state index in [1.165, 1.54) is 12.8 Å². The first-order chi connectivity index (χ1) is 9.19. The maximum Gasteiger partial charge on any atom is 0.224 e. The number of rotatable bonds is 5. The van der Waals surface area contributed by atoms with E-state index in [9.17, 15) is 4.79 Å². The van der Waals surface area contributed by atoms with Crippen LogP contribution >= 0.6 is 0 Å². The van der Waals surface area contributed by atoms with Gasteiger partial charge in [-0.15, -0.1) is 0 Å². The number of nitrogens with two attached hydrogens (primary N) is 1. The number of amides is 1. The minimum absolute atomic E-state index is 0.0980. The van der Waals surface area contributed by atoms with Crippen LogP contribution in [-0.4, -0.2) is 37.0 Å². The molecule has 1 heterocycles. The van der Waals surface area contributed by atoms with Crippen LogP contribution in [0.1, 0.15) is 24.0 Å². The van der Waals surface area contributed by atoms with Gasteiger partial charge < -0.3 is 16.0 Å². The first kappa shape index (κ1) is 14.0. The summed E-state index contributed by atoms with van der Waals surface area (Å²) in [6, 6.07) is 8.41. The third-order valence-corrected chi connectivity index (χ3v) is 3.83. The van der Waals surface area contributed by atoms with Crippen LogP contribution in [0.4, 0.5) is 0 Å². The van der Waals surface area contributed by atoms with E-state index in [2.05, 4.69) is 17.3 Å². The molecule has 0 aliphatic carbocycles. The van der Waals surface area contributed by atoms with Crippen molar-refractivity contribution in [1.82, 2.24) is 10.2 Å². The van der Waals surface area contributed by atoms with E-state index in [1.54, 1.807) is 0 Å². The molecule has 1 aromatic rings. The number of carbonyl (C=O) groups is 1. The van der Waals surface area contributed by atoms with Crippen LogP contribution in [0, 0.1) is 0 Å². The number of likely N-dealkylation sites (N-methyl/N-ethyl adjacent to an activating group) is 1. The monoisotopic (exact) mass is 261 g/mol. The molecule has 1 aliphatic rings. The molecule has 1 aromatic carbocycles. The molecule has 4 nitrogen and oxygen atoms in total. The van der Waals surface area contributed by atoms with E-state index in [0.29, 0.717) is 19.0 Å². The smallest absolute Gasteiger partial charge is 0.224 e. The molecular weight excluding hydrogens is 238 g/mol. The molecular formula is C15H23N3O. The summed E-state index contributed by atoms with van der Waals surface area (Å²) in [5.41, 5.74) is 7.68. The summed E-state index contributed by atoms with van der Waals surface area (Å²) in [5.74, 6) is 0.0980. The Bertz CT molecular complexity index is 416. The Morgan fingerprint density at radius 1 is 1.37 bits per heavy atom. The second-order valence-electron chi connectivity index (χ2n) is 5.28. The molecule has 4 heteroatoms. The molecule has 104 valence electrons. The zero-order chi connectivity index (χ0) is 13.7. The molecule has 0 saturated carbocycles. The second-order valence-corrected chi connectivity index (χ2v) is 5.28. The molecule has 0 bridgehead atoms. The predicted octanol–water partition coefficient (Wildman–Crippen LogP) is 0.898. The Hall–Kier alpha value is -1.39. The number of nitrogens with one attached hydrogen (secondary N) is 1. The van der Waals surface area contributed by atoms with Crippen LogP contribution in [0.2, 0.25) is 0 Å². The highest BCUT2D eigenvalue weighted by molar-refractivity contribution is 5.78. The fourth-order valence-corrected chi connectivity index (χ4v) is 2.51. The Morgan fingerprint density at radius 3 is 2.63 bits per heavy atom. The van der Waals surface area contributed by atoms with E-state index in [-0.39, 0.29) is 5.91 Å². The van der Waals surface area contributed by atoms with Gasteiger partial charge in [-0.05, 0) is 37.6 Å². The van der Waals surface area contributed by atoms with Gasteiger partial charge in [0.05, 0.1) is 6.42 Å². The van der Waals surface area contributed by atoms with Crippen LogP contribution < -0.4 is 11.1 Å². The SMILES string of the molecule is CN1CCCC1CNC(=O)Cc1ccc(CN)cc1. The minimum Gasteiger partial charge on any atom is -0.354 e. The Kier molecular flexibility index (Phi) is 4.93. The average Bonchev–Trinajstić information content (AvgIpc) is 2.83. The lowest BCUT2D eigenvalue weighted by atomic mass is 10.1. The van der Waals surface area contributed by atoms with Gasteiger partial charge in [0.25, 0.3) is 0 Å². The molecule has 3 N–H and O–H groups in total. The molecule has 1 amide bonds. The van der Waals surface area contributed by atoms with Gasteiger partial charge >= 0.3 is 0 Å². The third-order valence-electron chi connectivity index (χ3n) is 3.83. The summed E-state index contributed by atoms with van der Waals surface area (Å²) in [6.07, 6.45) is 2.86. The lowest BCUT2D eigenvalue weighted by Crippen LogP contribution is -2.38. The van der Waals surface area contributed by atoms with Gasteiger partial charge in [-0.25, -0.2) is 0 Å². The van der Waals surface area contributed by atoms with E-state index < -0.39 is 0 Å². The van der Waals surface area contributed by atoms with Gasteiger partial charge in [0.15, 0.2) is 0 Å². The predicted molar refractivity (Wildman–Crippen MR) is 76.7 cm³/mol. The molecule has 2 rings (SSSR count). The van der Waals surface area contributed by atoms with E-state index >= 15 is 0 Å². The van der Waals surface area contributed by atoms with Gasteiger partial charge in [-0.3, -0.25) is 4.79 Å². The first-order valence-corrected chi connectivity index (χ1v) is 6.94. The Labute approximate surface area is 115 Å². The zero-order valence-electron chi connectivity index (χ0n) is 11.6. The third kappa shape index (κ3) is 4.04. The van der Waals surface area contributed by atoms with Gasteiger partial charge in [0.2, 0.25) is 5.91 Å². The van der Waals surface area contributed by atoms with Crippen molar-refractivity contribution in [2.75, 3.05) is 20.1 Å². The molecule has 1 aliphatic heterocycles. The fourth-order valence-electron chi connectivity index (χ4n) is 2.51. The lowest BCUT2D eigenvalue weighted by Gasteiger charge is -2.19. The number of nitrogens with zero attached hydrogens (tertiary/aromatic N) is 1. The molecule has 1 saturated heterocycles. The standard InChI is InChI=1S/C15H23N3O/c1-18-8-2-3-14(18)11-17-15(19)9-12-4-6-13(10-16)7-5-12/h4-7,14H,2-3,8-11,16H2,1H3,(H,17,19). The Morgan fingerprint density at radius 2 is 2.05 bits per heavy atom. The summed E-state index contributed by atoms with van der Waals surface area (Å²) in [5, 5.41) is 3.03. The topological polar surface area (TPSA) is 58.4 Å². The lowest BCUT2D eigenvalue weighted by molar-refractivity contribution is -0.120. The maximum atomic E-state index is 11.9. The van der Waals surface area contributed by atoms with E-state index in [0.717, 1.165) is 24.2 Å². The van der Waals surface area contributed by atoms with Gasteiger partial charge in [-0.1, -0.05) is 24.3 Å². The molecule has 0 spiro atoms. The van der Waals surface area contributed by atoms with Crippen LogP contribution in [0.5, 0.6) is 0 Å².